The second-order valence-electron chi connectivity index (χ2n) is 8.09. The SMILES string of the molecule is O=C(CC1CCCCC1)N[C@H](c1ccccc1)c1nnc(N2CCCCC2)o1. The minimum Gasteiger partial charge on any atom is -0.405 e. The summed E-state index contributed by atoms with van der Waals surface area (Å²) in [6.45, 7) is 1.90. The predicted molar refractivity (Wildman–Crippen MR) is 108 cm³/mol. The van der Waals surface area contributed by atoms with Gasteiger partial charge in [-0.3, -0.25) is 4.79 Å². The van der Waals surface area contributed by atoms with Crippen molar-refractivity contribution in [2.75, 3.05) is 18.0 Å². The molecule has 2 fully saturated rings. The molecule has 1 saturated carbocycles. The monoisotopic (exact) mass is 382 g/mol. The Kier molecular flexibility index (Phi) is 6.24. The van der Waals surface area contributed by atoms with Crippen molar-refractivity contribution in [1.82, 2.24) is 15.5 Å². The Morgan fingerprint density at radius 1 is 1.04 bits per heavy atom. The summed E-state index contributed by atoms with van der Waals surface area (Å²) >= 11 is 0. The number of carbonyl (C=O) groups is 1. The van der Waals surface area contributed by atoms with Crippen LogP contribution in [0.1, 0.15) is 75.3 Å². The topological polar surface area (TPSA) is 71.3 Å². The second-order valence-corrected chi connectivity index (χ2v) is 8.09. The Hall–Kier alpha value is -2.37. The molecule has 0 spiro atoms. The number of hydrogen-bond acceptors (Lipinski definition) is 5. The van der Waals surface area contributed by atoms with Gasteiger partial charge in [-0.25, -0.2) is 0 Å². The fraction of sp³-hybridized carbons (Fsp3) is 0.591. The van der Waals surface area contributed by atoms with Crippen LogP contribution in [0.25, 0.3) is 0 Å². The maximum atomic E-state index is 12.8. The molecule has 1 N–H and O–H groups in total. The van der Waals surface area contributed by atoms with E-state index in [2.05, 4.69) is 20.4 Å². The summed E-state index contributed by atoms with van der Waals surface area (Å²) in [6, 6.07) is 10.1. The highest BCUT2D eigenvalue weighted by molar-refractivity contribution is 5.77. The first kappa shape index (κ1) is 19.0. The van der Waals surface area contributed by atoms with E-state index in [1.165, 1.54) is 25.7 Å². The molecule has 1 saturated heterocycles. The lowest BCUT2D eigenvalue weighted by atomic mass is 9.87. The van der Waals surface area contributed by atoms with Gasteiger partial charge in [-0.1, -0.05) is 54.7 Å². The smallest absolute Gasteiger partial charge is 0.318 e. The number of carbonyl (C=O) groups excluding carboxylic acids is 1. The van der Waals surface area contributed by atoms with Crippen molar-refractivity contribution in [2.45, 2.75) is 63.8 Å². The minimum absolute atomic E-state index is 0.0680. The van der Waals surface area contributed by atoms with Crippen LogP contribution >= 0.6 is 0 Å². The summed E-state index contributed by atoms with van der Waals surface area (Å²) in [6.07, 6.45) is 10.2. The van der Waals surface area contributed by atoms with Crippen LogP contribution in [0.3, 0.4) is 0 Å². The fourth-order valence-corrected chi connectivity index (χ4v) is 4.36. The third-order valence-corrected chi connectivity index (χ3v) is 5.94. The van der Waals surface area contributed by atoms with Crippen LogP contribution in [0.2, 0.25) is 0 Å². The molecular formula is C22H30N4O2. The molecule has 1 amide bonds. The zero-order chi connectivity index (χ0) is 19.2. The molecule has 6 nitrogen and oxygen atoms in total. The molecule has 1 aliphatic heterocycles. The predicted octanol–water partition coefficient (Wildman–Crippen LogP) is 4.24. The van der Waals surface area contributed by atoms with E-state index < -0.39 is 6.04 Å². The van der Waals surface area contributed by atoms with Gasteiger partial charge >= 0.3 is 6.01 Å². The van der Waals surface area contributed by atoms with Crippen LogP contribution in [-0.4, -0.2) is 29.2 Å². The summed E-state index contributed by atoms with van der Waals surface area (Å²) in [4.78, 5) is 14.9. The molecule has 2 aliphatic rings. The number of nitrogens with zero attached hydrogens (tertiary/aromatic N) is 3. The van der Waals surface area contributed by atoms with Gasteiger partial charge < -0.3 is 14.6 Å². The zero-order valence-corrected chi connectivity index (χ0v) is 16.5. The maximum absolute atomic E-state index is 12.8. The third-order valence-electron chi connectivity index (χ3n) is 5.94. The highest BCUT2D eigenvalue weighted by atomic mass is 16.4. The molecule has 1 aromatic carbocycles. The van der Waals surface area contributed by atoms with Crippen LogP contribution in [0, 0.1) is 5.92 Å². The van der Waals surface area contributed by atoms with E-state index in [0.29, 0.717) is 24.2 Å². The van der Waals surface area contributed by atoms with Crippen molar-refractivity contribution in [2.24, 2.45) is 5.92 Å². The molecule has 28 heavy (non-hydrogen) atoms. The fourth-order valence-electron chi connectivity index (χ4n) is 4.36. The van der Waals surface area contributed by atoms with Gasteiger partial charge in [0.2, 0.25) is 11.8 Å². The molecule has 4 rings (SSSR count). The van der Waals surface area contributed by atoms with E-state index in [4.69, 9.17) is 4.42 Å². The molecule has 1 aromatic heterocycles. The van der Waals surface area contributed by atoms with Crippen molar-refractivity contribution in [1.29, 1.82) is 0 Å². The quantitative estimate of drug-likeness (QED) is 0.809. The van der Waals surface area contributed by atoms with Crippen molar-refractivity contribution in [3.05, 3.63) is 41.8 Å². The van der Waals surface area contributed by atoms with E-state index in [1.54, 1.807) is 0 Å². The molecule has 2 aromatic rings. The van der Waals surface area contributed by atoms with Gasteiger partial charge in [0.25, 0.3) is 0 Å². The van der Waals surface area contributed by atoms with Gasteiger partial charge in [-0.15, -0.1) is 5.10 Å². The molecule has 2 heterocycles. The molecule has 1 aliphatic carbocycles. The molecule has 150 valence electrons. The summed E-state index contributed by atoms with van der Waals surface area (Å²) in [5.74, 6) is 1.03. The number of hydrogen-bond donors (Lipinski definition) is 1. The zero-order valence-electron chi connectivity index (χ0n) is 16.5. The maximum Gasteiger partial charge on any atom is 0.318 e. The van der Waals surface area contributed by atoms with E-state index in [9.17, 15) is 4.79 Å². The first-order valence-corrected chi connectivity index (χ1v) is 10.7. The normalized spacial score (nSPS) is 19.4. The Balaban J connectivity index is 1.49. The second kappa shape index (κ2) is 9.22. The Labute approximate surface area is 166 Å². The van der Waals surface area contributed by atoms with Crippen LogP contribution in [0.5, 0.6) is 0 Å². The van der Waals surface area contributed by atoms with Gasteiger partial charge in [-0.2, -0.15) is 0 Å². The summed E-state index contributed by atoms with van der Waals surface area (Å²) in [5, 5.41) is 11.7. The van der Waals surface area contributed by atoms with Gasteiger partial charge in [-0.05, 0) is 43.6 Å². The summed E-state index contributed by atoms with van der Waals surface area (Å²) in [5.41, 5.74) is 0.966. The molecule has 1 atom stereocenters. The average Bonchev–Trinajstić information content (AvgIpc) is 3.24. The van der Waals surface area contributed by atoms with E-state index in [-0.39, 0.29) is 5.91 Å². The van der Waals surface area contributed by atoms with Crippen molar-refractivity contribution in [3.63, 3.8) is 0 Å². The highest BCUT2D eigenvalue weighted by Gasteiger charge is 2.26. The molecule has 0 unspecified atom stereocenters. The number of amides is 1. The molecule has 0 radical (unpaired) electrons. The number of anilines is 1. The lowest BCUT2D eigenvalue weighted by Crippen LogP contribution is -2.31. The number of piperidine rings is 1. The van der Waals surface area contributed by atoms with Crippen LogP contribution in [0.4, 0.5) is 6.01 Å². The largest absolute Gasteiger partial charge is 0.405 e. The van der Waals surface area contributed by atoms with Crippen LogP contribution < -0.4 is 10.2 Å². The molecular weight excluding hydrogens is 352 g/mol. The molecule has 0 bridgehead atoms. The minimum atomic E-state index is -0.400. The van der Waals surface area contributed by atoms with E-state index in [1.807, 2.05) is 30.3 Å². The highest BCUT2D eigenvalue weighted by Crippen LogP contribution is 2.28. The first-order valence-electron chi connectivity index (χ1n) is 10.7. The Bertz CT molecular complexity index is 749. The first-order chi connectivity index (χ1) is 13.8. The van der Waals surface area contributed by atoms with Gasteiger partial charge in [0.15, 0.2) is 0 Å². The van der Waals surface area contributed by atoms with Gasteiger partial charge in [0, 0.05) is 19.5 Å². The number of aromatic nitrogens is 2. The number of rotatable bonds is 6. The van der Waals surface area contributed by atoms with E-state index in [0.717, 1.165) is 44.3 Å². The standard InChI is InChI=1S/C22H30N4O2/c27-19(16-17-10-4-1-5-11-17)23-20(18-12-6-2-7-13-18)21-24-25-22(28-21)26-14-8-3-9-15-26/h2,6-7,12-13,17,20H,1,3-5,8-11,14-16H2,(H,23,27)/t20-/m1/s1. The third kappa shape index (κ3) is 4.72. The summed E-state index contributed by atoms with van der Waals surface area (Å²) in [7, 11) is 0. The molecule has 6 heteroatoms. The number of nitrogens with one attached hydrogen (secondary N) is 1. The Morgan fingerprint density at radius 3 is 2.50 bits per heavy atom. The lowest BCUT2D eigenvalue weighted by Gasteiger charge is -2.24. The summed E-state index contributed by atoms with van der Waals surface area (Å²) < 4.78 is 6.02. The lowest BCUT2D eigenvalue weighted by molar-refractivity contribution is -0.122. The van der Waals surface area contributed by atoms with Gasteiger partial charge in [0.05, 0.1) is 0 Å². The van der Waals surface area contributed by atoms with Crippen LogP contribution in [0.15, 0.2) is 34.7 Å². The number of benzene rings is 1. The van der Waals surface area contributed by atoms with Crippen molar-refractivity contribution < 1.29 is 9.21 Å². The van der Waals surface area contributed by atoms with E-state index >= 15 is 0 Å². The Morgan fingerprint density at radius 2 is 1.75 bits per heavy atom. The van der Waals surface area contributed by atoms with Gasteiger partial charge in [0.1, 0.15) is 6.04 Å². The average molecular weight is 383 g/mol. The van der Waals surface area contributed by atoms with Crippen molar-refractivity contribution >= 4 is 11.9 Å². The van der Waals surface area contributed by atoms with Crippen LogP contribution in [-0.2, 0) is 4.79 Å². The van der Waals surface area contributed by atoms with Crippen molar-refractivity contribution in [3.8, 4) is 0 Å².